The van der Waals surface area contributed by atoms with Crippen LogP contribution in [0.3, 0.4) is 0 Å². The number of anilines is 1. The molecule has 8 heteroatoms. The number of hydrogen-bond acceptors (Lipinski definition) is 5. The molecule has 100 valence electrons. The van der Waals surface area contributed by atoms with Crippen LogP contribution in [0.25, 0.3) is 0 Å². The summed E-state index contributed by atoms with van der Waals surface area (Å²) in [4.78, 5) is 26.5. The lowest BCUT2D eigenvalue weighted by molar-refractivity contribution is -0.388. The van der Waals surface area contributed by atoms with Crippen LogP contribution in [-0.4, -0.2) is 38.6 Å². The van der Waals surface area contributed by atoms with Crippen LogP contribution in [0.4, 0.5) is 11.6 Å². The number of imidazole rings is 1. The Hall–Kier alpha value is -2.12. The van der Waals surface area contributed by atoms with Gasteiger partial charge in [0.2, 0.25) is 12.1 Å². The molecule has 0 saturated heterocycles. The van der Waals surface area contributed by atoms with Crippen LogP contribution in [-0.2, 0) is 11.8 Å². The van der Waals surface area contributed by atoms with E-state index in [4.69, 9.17) is 5.11 Å². The molecule has 0 aliphatic carbocycles. The fourth-order valence-electron chi connectivity index (χ4n) is 1.68. The van der Waals surface area contributed by atoms with Crippen molar-refractivity contribution < 1.29 is 14.8 Å². The Morgan fingerprint density at radius 1 is 1.72 bits per heavy atom. The van der Waals surface area contributed by atoms with Crippen molar-refractivity contribution in [2.24, 2.45) is 13.0 Å². The van der Waals surface area contributed by atoms with Gasteiger partial charge in [0.25, 0.3) is 0 Å². The first-order valence-corrected chi connectivity index (χ1v) is 5.51. The average molecular weight is 256 g/mol. The summed E-state index contributed by atoms with van der Waals surface area (Å²) in [6, 6.07) is 0. The zero-order valence-corrected chi connectivity index (χ0v) is 10.5. The number of rotatable bonds is 6. The molecule has 1 aromatic heterocycles. The van der Waals surface area contributed by atoms with Crippen molar-refractivity contribution in [1.29, 1.82) is 0 Å². The Morgan fingerprint density at radius 2 is 2.33 bits per heavy atom. The van der Waals surface area contributed by atoms with Crippen LogP contribution in [0.15, 0.2) is 6.33 Å². The summed E-state index contributed by atoms with van der Waals surface area (Å²) in [5.74, 6) is -1.47. The first kappa shape index (κ1) is 13.9. The van der Waals surface area contributed by atoms with Gasteiger partial charge in [0.05, 0.1) is 5.92 Å². The minimum absolute atomic E-state index is 0.201. The van der Waals surface area contributed by atoms with E-state index in [1.165, 1.54) is 10.9 Å². The van der Waals surface area contributed by atoms with E-state index in [1.807, 2.05) is 6.92 Å². The van der Waals surface area contributed by atoms with Crippen molar-refractivity contribution in [2.45, 2.75) is 13.8 Å². The van der Waals surface area contributed by atoms with E-state index in [0.29, 0.717) is 12.4 Å². The monoisotopic (exact) mass is 256 g/mol. The summed E-state index contributed by atoms with van der Waals surface area (Å²) in [6.07, 6.45) is 1.35. The lowest BCUT2D eigenvalue weighted by atomic mass is 10.1. The second-order valence-electron chi connectivity index (χ2n) is 4.04. The lowest BCUT2D eigenvalue weighted by Gasteiger charge is -2.23. The number of aliphatic carboxylic acids is 1. The minimum atomic E-state index is -0.932. The molecule has 8 nitrogen and oxygen atoms in total. The first-order chi connectivity index (χ1) is 8.38. The quantitative estimate of drug-likeness (QED) is 0.598. The summed E-state index contributed by atoms with van der Waals surface area (Å²) < 4.78 is 1.52. The average Bonchev–Trinajstić information content (AvgIpc) is 2.67. The van der Waals surface area contributed by atoms with E-state index in [2.05, 4.69) is 4.98 Å². The van der Waals surface area contributed by atoms with E-state index in [0.717, 1.165) is 0 Å². The Kier molecular flexibility index (Phi) is 4.24. The highest BCUT2D eigenvalue weighted by molar-refractivity contribution is 5.70. The third kappa shape index (κ3) is 2.76. The third-order valence-electron chi connectivity index (χ3n) is 2.66. The molecule has 1 atom stereocenters. The lowest BCUT2D eigenvalue weighted by Crippen LogP contribution is -2.33. The van der Waals surface area contributed by atoms with E-state index in [-0.39, 0.29) is 12.4 Å². The number of carboxylic acids is 1. The Bertz CT molecular complexity index is 457. The van der Waals surface area contributed by atoms with Crippen LogP contribution in [0, 0.1) is 16.0 Å². The molecule has 0 spiro atoms. The van der Waals surface area contributed by atoms with Crippen molar-refractivity contribution in [3.8, 4) is 0 Å². The van der Waals surface area contributed by atoms with Crippen LogP contribution in [0.5, 0.6) is 0 Å². The number of aromatic nitrogens is 2. The maximum absolute atomic E-state index is 10.9. The maximum atomic E-state index is 10.9. The number of carbonyl (C=O) groups is 1. The number of nitro groups is 1. The van der Waals surface area contributed by atoms with Crippen molar-refractivity contribution in [3.63, 3.8) is 0 Å². The first-order valence-electron chi connectivity index (χ1n) is 5.51. The molecule has 0 aromatic carbocycles. The van der Waals surface area contributed by atoms with Gasteiger partial charge in [-0.15, -0.1) is 0 Å². The minimum Gasteiger partial charge on any atom is -0.481 e. The van der Waals surface area contributed by atoms with E-state index < -0.39 is 16.8 Å². The molecule has 0 saturated carbocycles. The number of aryl methyl sites for hydroxylation is 1. The topological polar surface area (TPSA) is 102 Å². The molecule has 0 radical (unpaired) electrons. The highest BCUT2D eigenvalue weighted by Crippen LogP contribution is 2.26. The standard InChI is InChI=1S/C10H16N4O4/c1-4-13(5-7(2)10(15)16)9-8(14(17)18)11-6-12(9)3/h6-7H,4-5H2,1-3H3,(H,15,16). The molecule has 1 rings (SSSR count). The molecule has 0 fully saturated rings. The molecule has 18 heavy (non-hydrogen) atoms. The third-order valence-corrected chi connectivity index (χ3v) is 2.66. The highest BCUT2D eigenvalue weighted by atomic mass is 16.6. The predicted octanol–water partition coefficient (Wildman–Crippen LogP) is 0.875. The molecule has 0 aliphatic heterocycles. The van der Waals surface area contributed by atoms with Crippen LogP contribution < -0.4 is 4.90 Å². The zero-order valence-electron chi connectivity index (χ0n) is 10.5. The van der Waals surface area contributed by atoms with E-state index >= 15 is 0 Å². The van der Waals surface area contributed by atoms with E-state index in [9.17, 15) is 14.9 Å². The predicted molar refractivity (Wildman–Crippen MR) is 64.5 cm³/mol. The van der Waals surface area contributed by atoms with Crippen molar-refractivity contribution in [3.05, 3.63) is 16.4 Å². The molecule has 0 bridgehead atoms. The normalized spacial score (nSPS) is 12.2. The largest absolute Gasteiger partial charge is 0.481 e. The number of carboxylic acid groups (broad SMARTS) is 1. The van der Waals surface area contributed by atoms with Gasteiger partial charge >= 0.3 is 11.8 Å². The van der Waals surface area contributed by atoms with Crippen molar-refractivity contribution >= 4 is 17.6 Å². The van der Waals surface area contributed by atoms with Crippen LogP contribution in [0.2, 0.25) is 0 Å². The van der Waals surface area contributed by atoms with Gasteiger partial charge in [-0.1, -0.05) is 6.92 Å². The van der Waals surface area contributed by atoms with Gasteiger partial charge < -0.3 is 20.1 Å². The van der Waals surface area contributed by atoms with Crippen molar-refractivity contribution in [1.82, 2.24) is 9.55 Å². The van der Waals surface area contributed by atoms with Gasteiger partial charge in [-0.25, -0.2) is 0 Å². The molecule has 0 amide bonds. The van der Waals surface area contributed by atoms with Crippen LogP contribution >= 0.6 is 0 Å². The zero-order chi connectivity index (χ0) is 13.9. The fraction of sp³-hybridized carbons (Fsp3) is 0.600. The van der Waals surface area contributed by atoms with E-state index in [1.54, 1.807) is 18.9 Å². The molecular formula is C10H16N4O4. The summed E-state index contributed by atoms with van der Waals surface area (Å²) in [7, 11) is 1.64. The molecular weight excluding hydrogens is 240 g/mol. The van der Waals surface area contributed by atoms with Crippen LogP contribution in [0.1, 0.15) is 13.8 Å². The summed E-state index contributed by atoms with van der Waals surface area (Å²) in [6.45, 7) is 4.04. The van der Waals surface area contributed by atoms with Gasteiger partial charge in [0.15, 0.2) is 0 Å². The number of hydrogen-bond donors (Lipinski definition) is 1. The molecule has 1 aromatic rings. The Morgan fingerprint density at radius 3 is 2.78 bits per heavy atom. The van der Waals surface area contributed by atoms with Gasteiger partial charge in [-0.2, -0.15) is 0 Å². The number of nitrogens with zero attached hydrogens (tertiary/aromatic N) is 4. The SMILES string of the molecule is CCN(CC(C)C(=O)O)c1c([N+](=O)[O-])ncn1C. The fourth-order valence-corrected chi connectivity index (χ4v) is 1.68. The molecule has 1 N–H and O–H groups in total. The summed E-state index contributed by atoms with van der Waals surface area (Å²) in [5, 5.41) is 19.8. The highest BCUT2D eigenvalue weighted by Gasteiger charge is 2.26. The van der Waals surface area contributed by atoms with Gasteiger partial charge in [0.1, 0.15) is 0 Å². The Balaban J connectivity index is 3.05. The van der Waals surface area contributed by atoms with Crippen molar-refractivity contribution in [2.75, 3.05) is 18.0 Å². The summed E-state index contributed by atoms with van der Waals surface area (Å²) in [5.41, 5.74) is 0. The molecule has 0 aliphatic rings. The summed E-state index contributed by atoms with van der Waals surface area (Å²) >= 11 is 0. The second-order valence-corrected chi connectivity index (χ2v) is 4.04. The maximum Gasteiger partial charge on any atom is 0.406 e. The van der Waals surface area contributed by atoms with Gasteiger partial charge in [-0.05, 0) is 16.8 Å². The van der Waals surface area contributed by atoms with Gasteiger partial charge in [-0.3, -0.25) is 9.36 Å². The smallest absolute Gasteiger partial charge is 0.406 e. The second kappa shape index (κ2) is 5.48. The van der Waals surface area contributed by atoms with Gasteiger partial charge in [0, 0.05) is 20.1 Å². The Labute approximate surface area is 104 Å². The molecule has 1 unspecified atom stereocenters. The molecule has 1 heterocycles.